The van der Waals surface area contributed by atoms with Gasteiger partial charge in [-0.25, -0.2) is 0 Å². The summed E-state index contributed by atoms with van der Waals surface area (Å²) in [6.45, 7) is 5.70. The molecule has 0 amide bonds. The molecule has 0 aromatic carbocycles. The maximum atomic E-state index is 3.25. The van der Waals surface area contributed by atoms with Gasteiger partial charge in [0.2, 0.25) is 0 Å². The summed E-state index contributed by atoms with van der Waals surface area (Å²) in [7, 11) is 0. The van der Waals surface area contributed by atoms with Crippen molar-refractivity contribution in [3.63, 3.8) is 0 Å². The zero-order chi connectivity index (χ0) is 8.81. The van der Waals surface area contributed by atoms with E-state index in [1.54, 1.807) is 11.3 Å². The third kappa shape index (κ3) is 3.08. The van der Waals surface area contributed by atoms with Crippen LogP contribution in [0.15, 0.2) is 11.4 Å². The molecular formula is C10H13NS. The van der Waals surface area contributed by atoms with Gasteiger partial charge in [-0.2, -0.15) is 0 Å². The Morgan fingerprint density at radius 3 is 3.00 bits per heavy atom. The van der Waals surface area contributed by atoms with Crippen molar-refractivity contribution in [1.29, 1.82) is 0 Å². The molecule has 0 aliphatic carbocycles. The maximum absolute atomic E-state index is 3.25. The number of aryl methyl sites for hydroxylation is 1. The zero-order valence-corrected chi connectivity index (χ0v) is 8.29. The van der Waals surface area contributed by atoms with Crippen LogP contribution in [-0.4, -0.2) is 6.54 Å². The van der Waals surface area contributed by atoms with Gasteiger partial charge in [-0.3, -0.25) is 0 Å². The first kappa shape index (κ1) is 9.31. The molecule has 1 aromatic heterocycles. The van der Waals surface area contributed by atoms with E-state index in [2.05, 4.69) is 35.5 Å². The van der Waals surface area contributed by atoms with Gasteiger partial charge in [-0.1, -0.05) is 5.92 Å². The molecule has 12 heavy (non-hydrogen) atoms. The van der Waals surface area contributed by atoms with E-state index in [-0.39, 0.29) is 0 Å². The molecule has 0 saturated carbocycles. The van der Waals surface area contributed by atoms with Crippen molar-refractivity contribution in [3.8, 4) is 11.8 Å². The molecule has 64 valence electrons. The topological polar surface area (TPSA) is 12.0 Å². The Morgan fingerprint density at radius 1 is 1.58 bits per heavy atom. The van der Waals surface area contributed by atoms with Crippen molar-refractivity contribution in [2.45, 2.75) is 20.4 Å². The lowest BCUT2D eigenvalue weighted by atomic mass is 10.3. The van der Waals surface area contributed by atoms with E-state index in [0.717, 1.165) is 13.1 Å². The minimum atomic E-state index is 0.785. The number of rotatable bonds is 3. The second-order valence-electron chi connectivity index (χ2n) is 2.62. The third-order valence-corrected chi connectivity index (χ3v) is 2.53. The summed E-state index contributed by atoms with van der Waals surface area (Å²) in [5, 5.41) is 5.42. The van der Waals surface area contributed by atoms with Crippen LogP contribution in [0.3, 0.4) is 0 Å². The first-order valence-electron chi connectivity index (χ1n) is 3.97. The van der Waals surface area contributed by atoms with Crippen LogP contribution in [0, 0.1) is 18.8 Å². The molecule has 1 aromatic rings. The van der Waals surface area contributed by atoms with Gasteiger partial charge in [0, 0.05) is 11.4 Å². The van der Waals surface area contributed by atoms with Gasteiger partial charge in [-0.15, -0.1) is 17.3 Å². The Labute approximate surface area is 77.8 Å². The number of nitrogens with one attached hydrogen (secondary N) is 1. The molecule has 0 aliphatic rings. The summed E-state index contributed by atoms with van der Waals surface area (Å²) in [6.07, 6.45) is 0. The van der Waals surface area contributed by atoms with Crippen molar-refractivity contribution in [1.82, 2.24) is 5.32 Å². The van der Waals surface area contributed by atoms with Crippen LogP contribution in [0.4, 0.5) is 0 Å². The summed E-state index contributed by atoms with van der Waals surface area (Å²) in [5.41, 5.74) is 1.35. The third-order valence-electron chi connectivity index (χ3n) is 1.47. The van der Waals surface area contributed by atoms with Gasteiger partial charge in [0.1, 0.15) is 0 Å². The van der Waals surface area contributed by atoms with Crippen LogP contribution in [0.2, 0.25) is 0 Å². The standard InChI is InChI=1S/C10H13NS/c1-3-4-5-11-7-10-6-9(2)8-12-10/h6,8,11H,5,7H2,1-2H3. The van der Waals surface area contributed by atoms with Crippen LogP contribution >= 0.6 is 11.3 Å². The molecule has 1 heterocycles. The summed E-state index contributed by atoms with van der Waals surface area (Å²) < 4.78 is 0. The van der Waals surface area contributed by atoms with Crippen molar-refractivity contribution < 1.29 is 0 Å². The predicted molar refractivity (Wildman–Crippen MR) is 54.2 cm³/mol. The molecule has 2 heteroatoms. The molecular weight excluding hydrogens is 166 g/mol. The van der Waals surface area contributed by atoms with Gasteiger partial charge in [0.15, 0.2) is 0 Å². The first-order chi connectivity index (χ1) is 5.83. The highest BCUT2D eigenvalue weighted by atomic mass is 32.1. The Hall–Kier alpha value is -0.780. The highest BCUT2D eigenvalue weighted by molar-refractivity contribution is 7.10. The lowest BCUT2D eigenvalue weighted by Crippen LogP contribution is -2.11. The molecule has 0 fully saturated rings. The Kier molecular flexibility index (Phi) is 3.86. The normalized spacial score (nSPS) is 9.17. The minimum Gasteiger partial charge on any atom is -0.301 e. The molecule has 1 nitrogen and oxygen atoms in total. The molecule has 0 unspecified atom stereocenters. The van der Waals surface area contributed by atoms with Gasteiger partial charge in [-0.05, 0) is 30.9 Å². The lowest BCUT2D eigenvalue weighted by Gasteiger charge is -1.95. The van der Waals surface area contributed by atoms with Gasteiger partial charge in [0.25, 0.3) is 0 Å². The fraction of sp³-hybridized carbons (Fsp3) is 0.400. The molecule has 0 bridgehead atoms. The smallest absolute Gasteiger partial charge is 0.0579 e. The van der Waals surface area contributed by atoms with Gasteiger partial charge in [0.05, 0.1) is 6.54 Å². The highest BCUT2D eigenvalue weighted by Crippen LogP contribution is 2.12. The number of hydrogen-bond donors (Lipinski definition) is 1. The van der Waals surface area contributed by atoms with E-state index < -0.39 is 0 Å². The van der Waals surface area contributed by atoms with Crippen LogP contribution in [0.5, 0.6) is 0 Å². The summed E-state index contributed by atoms with van der Waals surface area (Å²) in [5.74, 6) is 5.82. The molecule has 0 radical (unpaired) electrons. The van der Waals surface area contributed by atoms with Gasteiger partial charge >= 0.3 is 0 Å². The van der Waals surface area contributed by atoms with Crippen molar-refractivity contribution in [2.24, 2.45) is 0 Å². The quantitative estimate of drug-likeness (QED) is 0.554. The zero-order valence-electron chi connectivity index (χ0n) is 7.48. The van der Waals surface area contributed by atoms with E-state index in [4.69, 9.17) is 0 Å². The lowest BCUT2D eigenvalue weighted by molar-refractivity contribution is 0.780. The highest BCUT2D eigenvalue weighted by Gasteiger charge is 1.93. The van der Waals surface area contributed by atoms with E-state index >= 15 is 0 Å². The fourth-order valence-corrected chi connectivity index (χ4v) is 1.76. The first-order valence-corrected chi connectivity index (χ1v) is 4.85. The largest absolute Gasteiger partial charge is 0.301 e. The molecule has 0 spiro atoms. The van der Waals surface area contributed by atoms with Crippen molar-refractivity contribution in [3.05, 3.63) is 21.9 Å². The molecule has 1 rings (SSSR count). The van der Waals surface area contributed by atoms with Crippen LogP contribution < -0.4 is 5.32 Å². The average Bonchev–Trinajstić information content (AvgIpc) is 2.45. The van der Waals surface area contributed by atoms with E-state index in [1.165, 1.54) is 10.4 Å². The average molecular weight is 179 g/mol. The minimum absolute atomic E-state index is 0.785. The van der Waals surface area contributed by atoms with Crippen molar-refractivity contribution in [2.75, 3.05) is 6.54 Å². The monoisotopic (exact) mass is 179 g/mol. The van der Waals surface area contributed by atoms with E-state index in [9.17, 15) is 0 Å². The Balaban J connectivity index is 2.27. The molecule has 1 N–H and O–H groups in total. The second-order valence-corrected chi connectivity index (χ2v) is 3.62. The predicted octanol–water partition coefficient (Wildman–Crippen LogP) is 2.17. The Bertz CT molecular complexity index is 290. The maximum Gasteiger partial charge on any atom is 0.0579 e. The van der Waals surface area contributed by atoms with Gasteiger partial charge < -0.3 is 5.32 Å². The van der Waals surface area contributed by atoms with Crippen LogP contribution in [-0.2, 0) is 6.54 Å². The molecule has 0 saturated heterocycles. The second kappa shape index (κ2) is 4.97. The number of hydrogen-bond acceptors (Lipinski definition) is 2. The van der Waals surface area contributed by atoms with E-state index in [1.807, 2.05) is 6.92 Å². The molecule has 0 atom stereocenters. The van der Waals surface area contributed by atoms with E-state index in [0.29, 0.717) is 0 Å². The Morgan fingerprint density at radius 2 is 2.42 bits per heavy atom. The summed E-state index contributed by atoms with van der Waals surface area (Å²) in [6, 6.07) is 2.21. The summed E-state index contributed by atoms with van der Waals surface area (Å²) >= 11 is 1.80. The van der Waals surface area contributed by atoms with Crippen molar-refractivity contribution >= 4 is 11.3 Å². The van der Waals surface area contributed by atoms with Crippen LogP contribution in [0.1, 0.15) is 17.4 Å². The SMILES string of the molecule is CC#CCNCc1cc(C)cs1. The molecule has 0 aliphatic heterocycles. The summed E-state index contributed by atoms with van der Waals surface area (Å²) in [4.78, 5) is 1.38. The number of thiophene rings is 1. The fourth-order valence-electron chi connectivity index (χ4n) is 0.920. The van der Waals surface area contributed by atoms with Crippen LogP contribution in [0.25, 0.3) is 0 Å².